The van der Waals surface area contributed by atoms with Gasteiger partial charge in [0.15, 0.2) is 0 Å². The first-order chi connectivity index (χ1) is 7.74. The number of hydrogen-bond acceptors (Lipinski definition) is 2. The SMILES string of the molecule is CC(C)n1cncc1-c1ccccc1CN. The molecule has 2 N–H and O–H groups in total. The van der Waals surface area contributed by atoms with Gasteiger partial charge >= 0.3 is 0 Å². The van der Waals surface area contributed by atoms with Crippen LogP contribution in [0.1, 0.15) is 25.5 Å². The molecule has 0 atom stereocenters. The van der Waals surface area contributed by atoms with Crippen molar-refractivity contribution in [3.05, 3.63) is 42.4 Å². The molecule has 0 amide bonds. The molecular weight excluding hydrogens is 198 g/mol. The predicted octanol–water partition coefficient (Wildman–Crippen LogP) is 2.59. The second-order valence-electron chi connectivity index (χ2n) is 4.14. The van der Waals surface area contributed by atoms with E-state index in [0.29, 0.717) is 12.6 Å². The Balaban J connectivity index is 2.54. The minimum atomic E-state index is 0.406. The smallest absolute Gasteiger partial charge is 0.0953 e. The van der Waals surface area contributed by atoms with E-state index in [2.05, 4.69) is 35.5 Å². The van der Waals surface area contributed by atoms with Crippen molar-refractivity contribution in [1.82, 2.24) is 9.55 Å². The monoisotopic (exact) mass is 215 g/mol. The van der Waals surface area contributed by atoms with Gasteiger partial charge < -0.3 is 10.3 Å². The van der Waals surface area contributed by atoms with Gasteiger partial charge in [-0.05, 0) is 19.4 Å². The lowest BCUT2D eigenvalue weighted by Gasteiger charge is -2.14. The first-order valence-electron chi connectivity index (χ1n) is 5.54. The van der Waals surface area contributed by atoms with E-state index in [1.54, 1.807) is 0 Å². The van der Waals surface area contributed by atoms with Gasteiger partial charge in [-0.3, -0.25) is 0 Å². The van der Waals surface area contributed by atoms with E-state index in [0.717, 1.165) is 11.3 Å². The third kappa shape index (κ3) is 1.86. The molecule has 2 rings (SSSR count). The van der Waals surface area contributed by atoms with Crippen LogP contribution in [0.3, 0.4) is 0 Å². The van der Waals surface area contributed by atoms with Crippen LogP contribution in [0.5, 0.6) is 0 Å². The highest BCUT2D eigenvalue weighted by Gasteiger charge is 2.10. The van der Waals surface area contributed by atoms with Crippen LogP contribution in [0.25, 0.3) is 11.3 Å². The van der Waals surface area contributed by atoms with Gasteiger partial charge in [0.05, 0.1) is 18.2 Å². The van der Waals surface area contributed by atoms with Crippen molar-refractivity contribution in [2.75, 3.05) is 0 Å². The topological polar surface area (TPSA) is 43.8 Å². The zero-order valence-corrected chi connectivity index (χ0v) is 9.72. The van der Waals surface area contributed by atoms with Gasteiger partial charge in [0, 0.05) is 18.2 Å². The van der Waals surface area contributed by atoms with Crippen molar-refractivity contribution >= 4 is 0 Å². The van der Waals surface area contributed by atoms with E-state index in [1.807, 2.05) is 24.7 Å². The second kappa shape index (κ2) is 4.49. The number of benzene rings is 1. The van der Waals surface area contributed by atoms with Crippen molar-refractivity contribution in [3.63, 3.8) is 0 Å². The van der Waals surface area contributed by atoms with Crippen LogP contribution in [0, 0.1) is 0 Å². The Morgan fingerprint density at radius 3 is 2.75 bits per heavy atom. The summed E-state index contributed by atoms with van der Waals surface area (Å²) < 4.78 is 2.16. The van der Waals surface area contributed by atoms with Crippen LogP contribution in [0.15, 0.2) is 36.8 Å². The summed E-state index contributed by atoms with van der Waals surface area (Å²) in [6, 6.07) is 8.61. The molecule has 3 nitrogen and oxygen atoms in total. The van der Waals surface area contributed by atoms with E-state index in [4.69, 9.17) is 5.73 Å². The van der Waals surface area contributed by atoms with E-state index in [-0.39, 0.29) is 0 Å². The summed E-state index contributed by atoms with van der Waals surface area (Å²) in [5.41, 5.74) is 9.22. The van der Waals surface area contributed by atoms with Crippen LogP contribution < -0.4 is 5.73 Å². The fraction of sp³-hybridized carbons (Fsp3) is 0.308. The maximum absolute atomic E-state index is 5.75. The quantitative estimate of drug-likeness (QED) is 0.855. The van der Waals surface area contributed by atoms with Crippen molar-refractivity contribution in [3.8, 4) is 11.3 Å². The summed E-state index contributed by atoms with van der Waals surface area (Å²) in [4.78, 5) is 4.22. The molecule has 2 aromatic rings. The second-order valence-corrected chi connectivity index (χ2v) is 4.14. The molecule has 84 valence electrons. The van der Waals surface area contributed by atoms with Crippen LogP contribution in [0.4, 0.5) is 0 Å². The van der Waals surface area contributed by atoms with E-state index < -0.39 is 0 Å². The Bertz CT molecular complexity index is 472. The predicted molar refractivity (Wildman–Crippen MR) is 65.9 cm³/mol. The summed E-state index contributed by atoms with van der Waals surface area (Å²) in [6.07, 6.45) is 3.77. The molecule has 0 radical (unpaired) electrons. The van der Waals surface area contributed by atoms with Gasteiger partial charge in [-0.2, -0.15) is 0 Å². The summed E-state index contributed by atoms with van der Waals surface area (Å²) in [5, 5.41) is 0. The maximum Gasteiger partial charge on any atom is 0.0953 e. The lowest BCUT2D eigenvalue weighted by Crippen LogP contribution is -2.04. The largest absolute Gasteiger partial charge is 0.328 e. The number of imidazole rings is 1. The van der Waals surface area contributed by atoms with Crippen molar-refractivity contribution in [1.29, 1.82) is 0 Å². The van der Waals surface area contributed by atoms with Gasteiger partial charge in [0.2, 0.25) is 0 Å². The highest BCUT2D eigenvalue weighted by molar-refractivity contribution is 5.63. The Hall–Kier alpha value is -1.61. The molecule has 1 aromatic carbocycles. The standard InChI is InChI=1S/C13H17N3/c1-10(2)16-9-15-8-13(16)12-6-4-3-5-11(12)7-14/h3-6,8-10H,7,14H2,1-2H3. The van der Waals surface area contributed by atoms with Crippen LogP contribution in [-0.2, 0) is 6.54 Å². The lowest BCUT2D eigenvalue weighted by atomic mass is 10.0. The molecule has 0 aliphatic heterocycles. The zero-order chi connectivity index (χ0) is 11.5. The van der Waals surface area contributed by atoms with Crippen molar-refractivity contribution < 1.29 is 0 Å². The Morgan fingerprint density at radius 2 is 2.06 bits per heavy atom. The molecule has 0 aliphatic rings. The summed E-state index contributed by atoms with van der Waals surface area (Å²) in [7, 11) is 0. The fourth-order valence-corrected chi connectivity index (χ4v) is 1.87. The molecule has 16 heavy (non-hydrogen) atoms. The third-order valence-corrected chi connectivity index (χ3v) is 2.74. The van der Waals surface area contributed by atoms with E-state index in [1.165, 1.54) is 5.56 Å². The van der Waals surface area contributed by atoms with E-state index >= 15 is 0 Å². The highest BCUT2D eigenvalue weighted by atomic mass is 15.1. The summed E-state index contributed by atoms with van der Waals surface area (Å²) >= 11 is 0. The zero-order valence-electron chi connectivity index (χ0n) is 9.72. The number of nitrogens with zero attached hydrogens (tertiary/aromatic N) is 2. The number of nitrogens with two attached hydrogens (primary N) is 1. The van der Waals surface area contributed by atoms with Gasteiger partial charge in [-0.15, -0.1) is 0 Å². The Kier molecular flexibility index (Phi) is 3.06. The molecule has 0 aliphatic carbocycles. The van der Waals surface area contributed by atoms with Gasteiger partial charge in [-0.25, -0.2) is 4.98 Å². The molecule has 3 heteroatoms. The molecule has 0 unspecified atom stereocenters. The first kappa shape index (κ1) is 10.9. The molecule has 0 bridgehead atoms. The van der Waals surface area contributed by atoms with Crippen molar-refractivity contribution in [2.45, 2.75) is 26.4 Å². The minimum absolute atomic E-state index is 0.406. The summed E-state index contributed by atoms with van der Waals surface area (Å²) in [6.45, 7) is 4.85. The van der Waals surface area contributed by atoms with Crippen LogP contribution in [-0.4, -0.2) is 9.55 Å². The fourth-order valence-electron chi connectivity index (χ4n) is 1.87. The molecule has 0 spiro atoms. The lowest BCUT2D eigenvalue weighted by molar-refractivity contribution is 0.605. The molecule has 0 saturated heterocycles. The third-order valence-electron chi connectivity index (χ3n) is 2.74. The minimum Gasteiger partial charge on any atom is -0.328 e. The first-order valence-corrected chi connectivity index (χ1v) is 5.54. The number of hydrogen-bond donors (Lipinski definition) is 1. The summed E-state index contributed by atoms with van der Waals surface area (Å²) in [5.74, 6) is 0. The molecular formula is C13H17N3. The molecule has 0 fully saturated rings. The number of aromatic nitrogens is 2. The van der Waals surface area contributed by atoms with Crippen molar-refractivity contribution in [2.24, 2.45) is 5.73 Å². The Morgan fingerprint density at radius 1 is 1.31 bits per heavy atom. The van der Waals surface area contributed by atoms with Crippen LogP contribution in [0.2, 0.25) is 0 Å². The normalized spacial score (nSPS) is 11.0. The van der Waals surface area contributed by atoms with Crippen LogP contribution >= 0.6 is 0 Å². The average molecular weight is 215 g/mol. The molecule has 1 heterocycles. The Labute approximate surface area is 95.9 Å². The van der Waals surface area contributed by atoms with E-state index in [9.17, 15) is 0 Å². The average Bonchev–Trinajstić information content (AvgIpc) is 2.77. The molecule has 1 aromatic heterocycles. The molecule has 0 saturated carbocycles. The van der Waals surface area contributed by atoms with Gasteiger partial charge in [0.25, 0.3) is 0 Å². The van der Waals surface area contributed by atoms with Gasteiger partial charge in [-0.1, -0.05) is 24.3 Å². The highest BCUT2D eigenvalue weighted by Crippen LogP contribution is 2.25. The maximum atomic E-state index is 5.75. The number of rotatable bonds is 3. The van der Waals surface area contributed by atoms with Gasteiger partial charge in [0.1, 0.15) is 0 Å².